The van der Waals surface area contributed by atoms with Crippen LogP contribution in [0.4, 0.5) is 0 Å². The lowest BCUT2D eigenvalue weighted by molar-refractivity contribution is -0.140. The lowest BCUT2D eigenvalue weighted by Gasteiger charge is -2.18. The molecule has 5 heteroatoms. The zero-order valence-electron chi connectivity index (χ0n) is 12.2. The Morgan fingerprint density at radius 3 is 2.15 bits per heavy atom. The average Bonchev–Trinajstić information content (AvgIpc) is 2.46. The summed E-state index contributed by atoms with van der Waals surface area (Å²) < 4.78 is 0. The van der Waals surface area contributed by atoms with E-state index in [2.05, 4.69) is 19.2 Å². The fourth-order valence-corrected chi connectivity index (χ4v) is 1.67. The summed E-state index contributed by atoms with van der Waals surface area (Å²) in [6.45, 7) is 6.17. The van der Waals surface area contributed by atoms with Gasteiger partial charge in [0, 0.05) is 12.5 Å². The summed E-state index contributed by atoms with van der Waals surface area (Å²) in [4.78, 5) is 10.7. The first kappa shape index (κ1) is 18.6. The van der Waals surface area contributed by atoms with E-state index in [1.807, 2.05) is 30.3 Å². The maximum absolute atomic E-state index is 10.7. The van der Waals surface area contributed by atoms with E-state index < -0.39 is 17.9 Å². The van der Waals surface area contributed by atoms with Crippen LogP contribution in [0.15, 0.2) is 30.3 Å². The zero-order chi connectivity index (χ0) is 15.4. The van der Waals surface area contributed by atoms with E-state index in [9.17, 15) is 4.79 Å². The van der Waals surface area contributed by atoms with Crippen LogP contribution >= 0.6 is 0 Å². The Balaban J connectivity index is 0.000000621. The lowest BCUT2D eigenvalue weighted by atomic mass is 9.93. The molecule has 0 heterocycles. The van der Waals surface area contributed by atoms with Crippen LogP contribution in [0, 0.1) is 5.92 Å². The molecule has 114 valence electrons. The molecule has 20 heavy (non-hydrogen) atoms. The minimum absolute atomic E-state index is 0.220. The van der Waals surface area contributed by atoms with Crippen LogP contribution in [0.5, 0.6) is 0 Å². The van der Waals surface area contributed by atoms with Crippen molar-refractivity contribution in [2.24, 2.45) is 11.7 Å². The van der Waals surface area contributed by atoms with Crippen LogP contribution in [0.1, 0.15) is 19.4 Å². The molecule has 1 rings (SSSR count). The van der Waals surface area contributed by atoms with Crippen LogP contribution in [0.3, 0.4) is 0 Å². The maximum Gasteiger partial charge on any atom is 0.320 e. The molecule has 1 aromatic carbocycles. The number of rotatable bonds is 7. The number of carbonyl (C=O) groups is 1. The van der Waals surface area contributed by atoms with E-state index in [1.54, 1.807) is 0 Å². The van der Waals surface area contributed by atoms with Crippen LogP contribution < -0.4 is 11.1 Å². The highest BCUT2D eigenvalue weighted by Gasteiger charge is 2.23. The molecule has 0 bridgehead atoms. The molecule has 5 nitrogen and oxygen atoms in total. The highest BCUT2D eigenvalue weighted by atomic mass is 16.4. The average molecular weight is 282 g/mol. The third-order valence-electron chi connectivity index (χ3n) is 2.87. The van der Waals surface area contributed by atoms with E-state index in [4.69, 9.17) is 15.9 Å². The number of nitrogens with two attached hydrogens (primary N) is 1. The summed E-state index contributed by atoms with van der Waals surface area (Å²) in [6, 6.07) is 8.38. The van der Waals surface area contributed by atoms with Gasteiger partial charge >= 0.3 is 5.97 Å². The first-order chi connectivity index (χ1) is 9.56. The molecule has 0 saturated heterocycles. The standard InChI is InChI=1S/C11H15NO3.C4H11N/c12-10(11(14)15)9(7-13)6-8-4-2-1-3-5-8;1-3-5-4-2/h1-5,9-10,13H,6-7,12H2,(H,14,15);5H,3-4H2,1-2H3. The van der Waals surface area contributed by atoms with E-state index >= 15 is 0 Å². The van der Waals surface area contributed by atoms with Crippen molar-refractivity contribution in [2.45, 2.75) is 26.3 Å². The highest BCUT2D eigenvalue weighted by molar-refractivity contribution is 5.73. The SMILES string of the molecule is CCNCC.NC(C(=O)O)C(CO)Cc1ccccc1. The second kappa shape index (κ2) is 11.4. The molecule has 0 fully saturated rings. The van der Waals surface area contributed by atoms with Gasteiger partial charge in [-0.25, -0.2) is 0 Å². The Labute approximate surface area is 120 Å². The summed E-state index contributed by atoms with van der Waals surface area (Å²) in [5.74, 6) is -1.52. The Morgan fingerprint density at radius 2 is 1.80 bits per heavy atom. The molecule has 0 aliphatic rings. The summed E-state index contributed by atoms with van der Waals surface area (Å²) in [5, 5.41) is 20.9. The highest BCUT2D eigenvalue weighted by Crippen LogP contribution is 2.11. The normalized spacial score (nSPS) is 13.0. The Bertz CT molecular complexity index is 355. The van der Waals surface area contributed by atoms with Crippen molar-refractivity contribution in [1.29, 1.82) is 0 Å². The fourth-order valence-electron chi connectivity index (χ4n) is 1.67. The molecule has 0 aliphatic heterocycles. The van der Waals surface area contributed by atoms with Gasteiger partial charge in [-0.05, 0) is 25.1 Å². The minimum atomic E-state index is -1.08. The van der Waals surface area contributed by atoms with Crippen LogP contribution in [0.25, 0.3) is 0 Å². The van der Waals surface area contributed by atoms with Gasteiger partial charge in [-0.15, -0.1) is 0 Å². The molecule has 0 spiro atoms. The van der Waals surface area contributed by atoms with Crippen LogP contribution in [-0.2, 0) is 11.2 Å². The number of aliphatic carboxylic acids is 1. The molecule has 0 aliphatic carbocycles. The van der Waals surface area contributed by atoms with Crippen molar-refractivity contribution >= 4 is 5.97 Å². The zero-order valence-corrected chi connectivity index (χ0v) is 12.2. The topological polar surface area (TPSA) is 95.6 Å². The minimum Gasteiger partial charge on any atom is -0.480 e. The number of aliphatic hydroxyl groups is 1. The largest absolute Gasteiger partial charge is 0.480 e. The monoisotopic (exact) mass is 282 g/mol. The van der Waals surface area contributed by atoms with Gasteiger partial charge in [0.15, 0.2) is 0 Å². The first-order valence-electron chi connectivity index (χ1n) is 6.90. The second-order valence-electron chi connectivity index (χ2n) is 4.45. The Morgan fingerprint density at radius 1 is 1.25 bits per heavy atom. The molecule has 0 saturated carbocycles. The Hall–Kier alpha value is -1.43. The predicted molar refractivity (Wildman–Crippen MR) is 80.6 cm³/mol. The third kappa shape index (κ3) is 7.89. The van der Waals surface area contributed by atoms with Gasteiger partial charge < -0.3 is 21.3 Å². The summed E-state index contributed by atoms with van der Waals surface area (Å²) in [6.07, 6.45) is 0.477. The van der Waals surface area contributed by atoms with Gasteiger partial charge in [-0.3, -0.25) is 4.79 Å². The number of carboxylic acids is 1. The van der Waals surface area contributed by atoms with Crippen molar-refractivity contribution in [3.8, 4) is 0 Å². The van der Waals surface area contributed by atoms with E-state index in [-0.39, 0.29) is 6.61 Å². The number of nitrogens with one attached hydrogen (secondary N) is 1. The molecule has 0 amide bonds. The second-order valence-corrected chi connectivity index (χ2v) is 4.45. The first-order valence-corrected chi connectivity index (χ1v) is 6.90. The fraction of sp³-hybridized carbons (Fsp3) is 0.533. The smallest absolute Gasteiger partial charge is 0.320 e. The van der Waals surface area contributed by atoms with Gasteiger partial charge in [0.1, 0.15) is 6.04 Å². The molecule has 2 atom stereocenters. The van der Waals surface area contributed by atoms with E-state index in [0.717, 1.165) is 18.7 Å². The Kier molecular flexibility index (Phi) is 10.6. The summed E-state index contributed by atoms with van der Waals surface area (Å²) in [5.41, 5.74) is 6.44. The molecule has 5 N–H and O–H groups in total. The van der Waals surface area contributed by atoms with Crippen molar-refractivity contribution < 1.29 is 15.0 Å². The van der Waals surface area contributed by atoms with Crippen molar-refractivity contribution in [1.82, 2.24) is 5.32 Å². The van der Waals surface area contributed by atoms with Crippen molar-refractivity contribution in [3.05, 3.63) is 35.9 Å². The summed E-state index contributed by atoms with van der Waals surface area (Å²) >= 11 is 0. The quantitative estimate of drug-likeness (QED) is 0.595. The van der Waals surface area contributed by atoms with Crippen LogP contribution in [-0.4, -0.2) is 41.9 Å². The molecule has 1 aromatic rings. The number of carboxylic acid groups (broad SMARTS) is 1. The molecule has 0 radical (unpaired) electrons. The number of aliphatic hydroxyl groups excluding tert-OH is 1. The molecule has 2 unspecified atom stereocenters. The lowest BCUT2D eigenvalue weighted by Crippen LogP contribution is -2.40. The number of hydrogen-bond donors (Lipinski definition) is 4. The molecule has 0 aromatic heterocycles. The maximum atomic E-state index is 10.7. The van der Waals surface area contributed by atoms with E-state index in [0.29, 0.717) is 6.42 Å². The summed E-state index contributed by atoms with van der Waals surface area (Å²) in [7, 11) is 0. The van der Waals surface area contributed by atoms with Gasteiger partial charge in [0.25, 0.3) is 0 Å². The van der Waals surface area contributed by atoms with Gasteiger partial charge in [-0.1, -0.05) is 44.2 Å². The van der Waals surface area contributed by atoms with Crippen molar-refractivity contribution in [2.75, 3.05) is 19.7 Å². The van der Waals surface area contributed by atoms with Crippen LogP contribution in [0.2, 0.25) is 0 Å². The molecular weight excluding hydrogens is 256 g/mol. The predicted octanol–water partition coefficient (Wildman–Crippen LogP) is 0.865. The van der Waals surface area contributed by atoms with Gasteiger partial charge in [0.2, 0.25) is 0 Å². The van der Waals surface area contributed by atoms with Gasteiger partial charge in [-0.2, -0.15) is 0 Å². The third-order valence-corrected chi connectivity index (χ3v) is 2.87. The number of hydrogen-bond acceptors (Lipinski definition) is 4. The van der Waals surface area contributed by atoms with Crippen molar-refractivity contribution in [3.63, 3.8) is 0 Å². The van der Waals surface area contributed by atoms with E-state index in [1.165, 1.54) is 0 Å². The molecular formula is C15H26N2O3. The number of benzene rings is 1. The van der Waals surface area contributed by atoms with Gasteiger partial charge in [0.05, 0.1) is 0 Å².